The second-order valence-electron chi connectivity index (χ2n) is 5.09. The molecule has 0 saturated heterocycles. The van der Waals surface area contributed by atoms with E-state index in [0.29, 0.717) is 17.9 Å². The van der Waals surface area contributed by atoms with Crippen molar-refractivity contribution in [3.05, 3.63) is 52.3 Å². The van der Waals surface area contributed by atoms with Crippen LogP contribution in [0.2, 0.25) is 0 Å². The maximum atomic E-state index is 11.9. The van der Waals surface area contributed by atoms with Crippen molar-refractivity contribution >= 4 is 24.5 Å². The van der Waals surface area contributed by atoms with Crippen LogP contribution in [0.15, 0.2) is 35.4 Å². The molecule has 2 aromatic heterocycles. The fourth-order valence-corrected chi connectivity index (χ4v) is 2.24. The van der Waals surface area contributed by atoms with Gasteiger partial charge in [-0.05, 0) is 17.6 Å². The summed E-state index contributed by atoms with van der Waals surface area (Å²) in [5.74, 6) is 0.767. The SMILES string of the molecule is Cn1ccn2c(COc3ccc(B(O)O)c(C=O)c3)nnc2c1=O. The van der Waals surface area contributed by atoms with Crippen LogP contribution in [0.1, 0.15) is 16.2 Å². The number of fused-ring (bicyclic) bond motifs is 1. The normalized spacial score (nSPS) is 10.8. The molecule has 24 heavy (non-hydrogen) atoms. The number of aromatic nitrogens is 4. The molecular weight excluding hydrogens is 315 g/mol. The van der Waals surface area contributed by atoms with Crippen LogP contribution in [-0.4, -0.2) is 42.6 Å². The van der Waals surface area contributed by atoms with Crippen LogP contribution in [0.3, 0.4) is 0 Å². The van der Waals surface area contributed by atoms with Gasteiger partial charge in [0.2, 0.25) is 5.65 Å². The van der Waals surface area contributed by atoms with Gasteiger partial charge in [0.15, 0.2) is 5.82 Å². The van der Waals surface area contributed by atoms with E-state index in [9.17, 15) is 19.6 Å². The minimum absolute atomic E-state index is 0.0215. The van der Waals surface area contributed by atoms with E-state index >= 15 is 0 Å². The molecule has 0 spiro atoms. The molecular formula is C14H13BN4O5. The Morgan fingerprint density at radius 1 is 1.29 bits per heavy atom. The maximum Gasteiger partial charge on any atom is 0.489 e. The summed E-state index contributed by atoms with van der Waals surface area (Å²) >= 11 is 0. The zero-order valence-electron chi connectivity index (χ0n) is 12.7. The smallest absolute Gasteiger partial charge is 0.486 e. The van der Waals surface area contributed by atoms with Gasteiger partial charge in [0.25, 0.3) is 5.56 Å². The van der Waals surface area contributed by atoms with Crippen LogP contribution < -0.4 is 15.8 Å². The lowest BCUT2D eigenvalue weighted by atomic mass is 9.77. The largest absolute Gasteiger partial charge is 0.489 e. The number of aryl methyl sites for hydroxylation is 1. The van der Waals surface area contributed by atoms with Gasteiger partial charge in [0.05, 0.1) is 0 Å². The van der Waals surface area contributed by atoms with Gasteiger partial charge in [-0.25, -0.2) is 0 Å². The highest BCUT2D eigenvalue weighted by Gasteiger charge is 2.16. The first-order valence-corrected chi connectivity index (χ1v) is 6.98. The Balaban J connectivity index is 1.85. The number of benzene rings is 1. The Morgan fingerprint density at radius 2 is 2.08 bits per heavy atom. The predicted molar refractivity (Wildman–Crippen MR) is 84.2 cm³/mol. The van der Waals surface area contributed by atoms with Gasteiger partial charge in [0, 0.05) is 25.0 Å². The molecule has 0 bridgehead atoms. The molecule has 0 aliphatic carbocycles. The minimum atomic E-state index is -1.74. The zero-order chi connectivity index (χ0) is 17.3. The number of rotatable bonds is 5. The van der Waals surface area contributed by atoms with Gasteiger partial charge in [-0.15, -0.1) is 10.2 Å². The van der Waals surface area contributed by atoms with Gasteiger partial charge in [-0.3, -0.25) is 14.0 Å². The Labute approximate surface area is 135 Å². The Hall–Kier alpha value is -2.98. The van der Waals surface area contributed by atoms with E-state index in [1.54, 1.807) is 19.4 Å². The Morgan fingerprint density at radius 3 is 2.79 bits per heavy atom. The van der Waals surface area contributed by atoms with Crippen LogP contribution in [-0.2, 0) is 13.7 Å². The molecule has 3 rings (SSSR count). The minimum Gasteiger partial charge on any atom is -0.486 e. The highest BCUT2D eigenvalue weighted by Crippen LogP contribution is 2.13. The third-order valence-corrected chi connectivity index (χ3v) is 3.55. The molecule has 2 heterocycles. The molecule has 3 aromatic rings. The first kappa shape index (κ1) is 15.9. The number of ether oxygens (including phenoxy) is 1. The summed E-state index contributed by atoms with van der Waals surface area (Å²) in [5, 5.41) is 26.1. The predicted octanol–water partition coefficient (Wildman–Crippen LogP) is -1.50. The summed E-state index contributed by atoms with van der Waals surface area (Å²) in [7, 11) is -0.124. The summed E-state index contributed by atoms with van der Waals surface area (Å²) in [6.07, 6.45) is 3.75. The van der Waals surface area contributed by atoms with Crippen molar-refractivity contribution in [1.82, 2.24) is 19.2 Å². The van der Waals surface area contributed by atoms with Crippen molar-refractivity contribution in [2.24, 2.45) is 7.05 Å². The summed E-state index contributed by atoms with van der Waals surface area (Å²) in [6.45, 7) is 0.0215. The van der Waals surface area contributed by atoms with E-state index in [1.165, 1.54) is 27.2 Å². The summed E-state index contributed by atoms with van der Waals surface area (Å²) < 4.78 is 8.47. The number of carbonyl (C=O) groups excluding carboxylic acids is 1. The maximum absolute atomic E-state index is 11.9. The molecule has 0 saturated carbocycles. The molecule has 2 N–H and O–H groups in total. The van der Waals surface area contributed by atoms with E-state index in [-0.39, 0.29) is 28.8 Å². The van der Waals surface area contributed by atoms with Crippen LogP contribution in [0.5, 0.6) is 5.75 Å². The quantitative estimate of drug-likeness (QED) is 0.432. The van der Waals surface area contributed by atoms with E-state index in [0.717, 1.165) is 0 Å². The van der Waals surface area contributed by atoms with Gasteiger partial charge < -0.3 is 19.4 Å². The average molecular weight is 328 g/mol. The number of carbonyl (C=O) groups is 1. The fraction of sp³-hybridized carbons (Fsp3) is 0.143. The van der Waals surface area contributed by atoms with Crippen molar-refractivity contribution in [1.29, 1.82) is 0 Å². The number of nitrogens with zero attached hydrogens (tertiary/aromatic N) is 4. The van der Waals surface area contributed by atoms with Crippen molar-refractivity contribution in [3.63, 3.8) is 0 Å². The number of hydrogen-bond donors (Lipinski definition) is 2. The van der Waals surface area contributed by atoms with Gasteiger partial charge in [0.1, 0.15) is 18.6 Å². The van der Waals surface area contributed by atoms with Crippen LogP contribution >= 0.6 is 0 Å². The molecule has 9 nitrogen and oxygen atoms in total. The number of hydrogen-bond acceptors (Lipinski definition) is 7. The van der Waals surface area contributed by atoms with Crippen LogP contribution in [0.25, 0.3) is 5.65 Å². The van der Waals surface area contributed by atoms with E-state index in [2.05, 4.69) is 10.2 Å². The van der Waals surface area contributed by atoms with Crippen molar-refractivity contribution in [2.45, 2.75) is 6.61 Å². The molecule has 0 atom stereocenters. The van der Waals surface area contributed by atoms with Crippen molar-refractivity contribution in [2.75, 3.05) is 0 Å². The van der Waals surface area contributed by atoms with Crippen molar-refractivity contribution < 1.29 is 19.6 Å². The third kappa shape index (κ3) is 2.80. The van der Waals surface area contributed by atoms with Gasteiger partial charge in [-0.2, -0.15) is 0 Å². The molecule has 0 unspecified atom stereocenters. The second-order valence-corrected chi connectivity index (χ2v) is 5.09. The molecule has 0 aliphatic rings. The molecule has 0 radical (unpaired) electrons. The summed E-state index contributed by atoms with van der Waals surface area (Å²) in [4.78, 5) is 22.9. The number of aldehydes is 1. The Bertz CT molecular complexity index is 965. The average Bonchev–Trinajstić information content (AvgIpc) is 2.99. The van der Waals surface area contributed by atoms with E-state index in [4.69, 9.17) is 4.74 Å². The monoisotopic (exact) mass is 328 g/mol. The molecule has 0 aliphatic heterocycles. The standard InChI is InChI=1S/C14H13BN4O5/c1-18-4-5-19-12(16-17-13(19)14(18)21)8-24-10-2-3-11(15(22)23)9(6-10)7-20/h2-7,22-23H,8H2,1H3. The first-order valence-electron chi connectivity index (χ1n) is 6.98. The van der Waals surface area contributed by atoms with Crippen molar-refractivity contribution in [3.8, 4) is 5.75 Å². The highest BCUT2D eigenvalue weighted by molar-refractivity contribution is 6.60. The lowest BCUT2D eigenvalue weighted by Crippen LogP contribution is -2.32. The first-order chi connectivity index (χ1) is 11.5. The lowest BCUT2D eigenvalue weighted by molar-refractivity contribution is 0.112. The zero-order valence-corrected chi connectivity index (χ0v) is 12.7. The molecule has 10 heteroatoms. The van der Waals surface area contributed by atoms with Gasteiger partial charge >= 0.3 is 7.12 Å². The van der Waals surface area contributed by atoms with Crippen LogP contribution in [0, 0.1) is 0 Å². The summed E-state index contributed by atoms with van der Waals surface area (Å²) in [5.41, 5.74) is 0.114. The molecule has 0 amide bonds. The lowest BCUT2D eigenvalue weighted by Gasteiger charge is -2.08. The Kier molecular flexibility index (Phi) is 4.15. The van der Waals surface area contributed by atoms with E-state index < -0.39 is 7.12 Å². The molecule has 1 aromatic carbocycles. The summed E-state index contributed by atoms with van der Waals surface area (Å²) in [6, 6.07) is 4.29. The second kappa shape index (κ2) is 6.26. The fourth-order valence-electron chi connectivity index (χ4n) is 2.24. The topological polar surface area (TPSA) is 119 Å². The third-order valence-electron chi connectivity index (χ3n) is 3.55. The van der Waals surface area contributed by atoms with Gasteiger partial charge in [-0.1, -0.05) is 6.07 Å². The molecule has 122 valence electrons. The van der Waals surface area contributed by atoms with Crippen LogP contribution in [0.4, 0.5) is 0 Å². The highest BCUT2D eigenvalue weighted by atomic mass is 16.5. The molecule has 0 fully saturated rings. The van der Waals surface area contributed by atoms with E-state index in [1.807, 2.05) is 0 Å².